The molecule has 1 aromatic carbocycles. The van der Waals surface area contributed by atoms with Gasteiger partial charge in [0.05, 0.1) is 6.54 Å². The van der Waals surface area contributed by atoms with E-state index in [2.05, 4.69) is 16.7 Å². The zero-order chi connectivity index (χ0) is 17.0. The van der Waals surface area contributed by atoms with E-state index >= 15 is 0 Å². The molecule has 1 fully saturated rings. The Bertz CT molecular complexity index is 571. The Morgan fingerprint density at radius 1 is 1.38 bits per heavy atom. The summed E-state index contributed by atoms with van der Waals surface area (Å²) in [7, 11) is 0. The van der Waals surface area contributed by atoms with Gasteiger partial charge in [-0.1, -0.05) is 24.3 Å². The van der Waals surface area contributed by atoms with Crippen molar-refractivity contribution in [2.75, 3.05) is 19.8 Å². The molecule has 1 heterocycles. The van der Waals surface area contributed by atoms with Gasteiger partial charge in [-0.25, -0.2) is 4.79 Å². The van der Waals surface area contributed by atoms with Crippen molar-refractivity contribution in [2.24, 2.45) is 5.92 Å². The molecule has 2 aliphatic rings. The van der Waals surface area contributed by atoms with E-state index in [1.807, 2.05) is 25.1 Å². The van der Waals surface area contributed by atoms with Gasteiger partial charge in [0, 0.05) is 19.3 Å². The maximum Gasteiger partial charge on any atom is 0.315 e. The number of ether oxygens (including phenoxy) is 1. The number of aliphatic hydroxyl groups is 1. The Hall–Kier alpha value is -1.59. The summed E-state index contributed by atoms with van der Waals surface area (Å²) < 4.78 is 5.37. The number of urea groups is 1. The molecule has 0 saturated carbocycles. The van der Waals surface area contributed by atoms with Gasteiger partial charge in [-0.15, -0.1) is 0 Å². The molecule has 0 aromatic heterocycles. The van der Waals surface area contributed by atoms with Crippen molar-refractivity contribution in [3.05, 3.63) is 35.4 Å². The number of fused-ring (bicyclic) bond motifs is 1. The minimum atomic E-state index is -0.964. The number of amides is 2. The van der Waals surface area contributed by atoms with Gasteiger partial charge < -0.3 is 20.5 Å². The highest BCUT2D eigenvalue weighted by Gasteiger charge is 2.34. The summed E-state index contributed by atoms with van der Waals surface area (Å²) in [6.45, 7) is 3.83. The Morgan fingerprint density at radius 3 is 2.92 bits per heavy atom. The average molecular weight is 332 g/mol. The highest BCUT2D eigenvalue weighted by atomic mass is 16.5. The summed E-state index contributed by atoms with van der Waals surface area (Å²) >= 11 is 0. The zero-order valence-corrected chi connectivity index (χ0v) is 14.4. The molecular formula is C19H28N2O3. The minimum Gasteiger partial charge on any atom is -0.383 e. The molecule has 3 N–H and O–H groups in total. The molecular weight excluding hydrogens is 304 g/mol. The lowest BCUT2D eigenvalue weighted by Crippen LogP contribution is -2.49. The molecule has 1 aliphatic heterocycles. The molecule has 5 nitrogen and oxygen atoms in total. The monoisotopic (exact) mass is 332 g/mol. The molecule has 1 aliphatic carbocycles. The van der Waals surface area contributed by atoms with Crippen molar-refractivity contribution in [2.45, 2.75) is 50.7 Å². The van der Waals surface area contributed by atoms with Crippen molar-refractivity contribution in [3.8, 4) is 0 Å². The second kappa shape index (κ2) is 7.53. The SMILES string of the molecule is CC(NC(=O)NCC1(O)CCCc2ccccc21)C1CCOCC1. The molecule has 1 saturated heterocycles. The lowest BCUT2D eigenvalue weighted by molar-refractivity contribution is 0.0213. The Morgan fingerprint density at radius 2 is 2.12 bits per heavy atom. The lowest BCUT2D eigenvalue weighted by atomic mass is 9.79. The largest absolute Gasteiger partial charge is 0.383 e. The van der Waals surface area contributed by atoms with Crippen molar-refractivity contribution in [3.63, 3.8) is 0 Å². The van der Waals surface area contributed by atoms with Crippen LogP contribution in [0.5, 0.6) is 0 Å². The van der Waals surface area contributed by atoms with E-state index in [-0.39, 0.29) is 18.6 Å². The molecule has 0 radical (unpaired) electrons. The molecule has 132 valence electrons. The smallest absolute Gasteiger partial charge is 0.315 e. The number of carbonyl (C=O) groups excluding carboxylic acids is 1. The van der Waals surface area contributed by atoms with E-state index in [9.17, 15) is 9.90 Å². The molecule has 1 aromatic rings. The Kier molecular flexibility index (Phi) is 5.41. The van der Waals surface area contributed by atoms with E-state index < -0.39 is 5.60 Å². The first-order chi connectivity index (χ1) is 11.6. The average Bonchev–Trinajstić information content (AvgIpc) is 2.61. The van der Waals surface area contributed by atoms with Crippen LogP contribution in [0.4, 0.5) is 4.79 Å². The third-order valence-corrected chi connectivity index (χ3v) is 5.43. The lowest BCUT2D eigenvalue weighted by Gasteiger charge is -2.35. The Labute approximate surface area is 143 Å². The molecule has 0 spiro atoms. The summed E-state index contributed by atoms with van der Waals surface area (Å²) in [4.78, 5) is 12.2. The van der Waals surface area contributed by atoms with Crippen LogP contribution in [-0.2, 0) is 16.8 Å². The van der Waals surface area contributed by atoms with Crippen LogP contribution in [0.1, 0.15) is 43.7 Å². The van der Waals surface area contributed by atoms with E-state index in [1.54, 1.807) is 0 Å². The van der Waals surface area contributed by atoms with Crippen LogP contribution in [0.25, 0.3) is 0 Å². The number of benzene rings is 1. The van der Waals surface area contributed by atoms with Crippen LogP contribution in [0, 0.1) is 5.92 Å². The minimum absolute atomic E-state index is 0.113. The Balaban J connectivity index is 1.54. The first-order valence-corrected chi connectivity index (χ1v) is 9.01. The number of hydrogen-bond donors (Lipinski definition) is 3. The van der Waals surface area contributed by atoms with Crippen LogP contribution in [0.15, 0.2) is 24.3 Å². The summed E-state index contributed by atoms with van der Waals surface area (Å²) in [5.41, 5.74) is 1.17. The number of nitrogens with one attached hydrogen (secondary N) is 2. The van der Waals surface area contributed by atoms with Crippen LogP contribution in [0.3, 0.4) is 0 Å². The van der Waals surface area contributed by atoms with Crippen molar-refractivity contribution < 1.29 is 14.6 Å². The number of hydrogen-bond acceptors (Lipinski definition) is 3. The van der Waals surface area contributed by atoms with Gasteiger partial charge in [0.1, 0.15) is 5.60 Å². The van der Waals surface area contributed by atoms with Gasteiger partial charge >= 0.3 is 6.03 Å². The summed E-state index contributed by atoms with van der Waals surface area (Å²) in [5, 5.41) is 16.9. The normalized spacial score (nSPS) is 25.6. The van der Waals surface area contributed by atoms with Crippen LogP contribution in [0.2, 0.25) is 0 Å². The van der Waals surface area contributed by atoms with Gasteiger partial charge in [0.15, 0.2) is 0 Å². The van der Waals surface area contributed by atoms with Crippen LogP contribution in [-0.4, -0.2) is 36.9 Å². The van der Waals surface area contributed by atoms with Crippen molar-refractivity contribution >= 4 is 6.03 Å². The van der Waals surface area contributed by atoms with Crippen LogP contribution >= 0.6 is 0 Å². The van der Waals surface area contributed by atoms with Crippen molar-refractivity contribution in [1.82, 2.24) is 10.6 Å². The van der Waals surface area contributed by atoms with E-state index in [4.69, 9.17) is 4.74 Å². The zero-order valence-electron chi connectivity index (χ0n) is 14.4. The molecule has 2 unspecified atom stereocenters. The molecule has 2 atom stereocenters. The second-order valence-electron chi connectivity index (χ2n) is 7.11. The number of aryl methyl sites for hydroxylation is 1. The van der Waals surface area contributed by atoms with Gasteiger partial charge in [-0.2, -0.15) is 0 Å². The standard InChI is InChI=1S/C19H28N2O3/c1-14(15-8-11-24-12-9-15)21-18(22)20-13-19(23)10-4-6-16-5-2-3-7-17(16)19/h2-3,5,7,14-15,23H,4,6,8-13H2,1H3,(H2,20,21,22). The maximum absolute atomic E-state index is 12.2. The molecule has 2 amide bonds. The molecule has 0 bridgehead atoms. The van der Waals surface area contributed by atoms with Crippen LogP contribution < -0.4 is 10.6 Å². The number of rotatable bonds is 4. The van der Waals surface area contributed by atoms with Gasteiger partial charge in [-0.3, -0.25) is 0 Å². The first kappa shape index (κ1) is 17.2. The number of carbonyl (C=O) groups is 1. The highest BCUT2D eigenvalue weighted by Crippen LogP contribution is 2.34. The third kappa shape index (κ3) is 3.90. The van der Waals surface area contributed by atoms with Crippen molar-refractivity contribution in [1.29, 1.82) is 0 Å². The maximum atomic E-state index is 12.2. The van der Waals surface area contributed by atoms with E-state index in [0.29, 0.717) is 12.3 Å². The predicted octanol–water partition coefficient (Wildman–Crippen LogP) is 2.32. The van der Waals surface area contributed by atoms with E-state index in [1.165, 1.54) is 5.56 Å². The highest BCUT2D eigenvalue weighted by molar-refractivity contribution is 5.74. The summed E-state index contributed by atoms with van der Waals surface area (Å²) in [5.74, 6) is 0.461. The fraction of sp³-hybridized carbons (Fsp3) is 0.632. The second-order valence-corrected chi connectivity index (χ2v) is 7.11. The third-order valence-electron chi connectivity index (χ3n) is 5.43. The molecule has 5 heteroatoms. The quantitative estimate of drug-likeness (QED) is 0.792. The van der Waals surface area contributed by atoms with E-state index in [0.717, 1.165) is 44.5 Å². The fourth-order valence-corrected chi connectivity index (χ4v) is 3.90. The predicted molar refractivity (Wildman–Crippen MR) is 92.8 cm³/mol. The summed E-state index contributed by atoms with van der Waals surface area (Å²) in [6.07, 6.45) is 4.58. The fourth-order valence-electron chi connectivity index (χ4n) is 3.90. The summed E-state index contributed by atoms with van der Waals surface area (Å²) in [6, 6.07) is 7.89. The van der Waals surface area contributed by atoms with Gasteiger partial charge in [0.25, 0.3) is 0 Å². The van der Waals surface area contributed by atoms with Gasteiger partial charge in [0.2, 0.25) is 0 Å². The molecule has 3 rings (SSSR count). The first-order valence-electron chi connectivity index (χ1n) is 9.01. The van der Waals surface area contributed by atoms with Gasteiger partial charge in [-0.05, 0) is 56.1 Å². The topological polar surface area (TPSA) is 70.6 Å². The molecule has 24 heavy (non-hydrogen) atoms.